The first-order valence-electron chi connectivity index (χ1n) is 13.1. The lowest BCUT2D eigenvalue weighted by atomic mass is 9.72. The summed E-state index contributed by atoms with van der Waals surface area (Å²) in [6.45, 7) is 11.1. The van der Waals surface area contributed by atoms with Crippen molar-refractivity contribution in [2.75, 3.05) is 11.1 Å². The number of benzene rings is 1. The highest BCUT2D eigenvalue weighted by Crippen LogP contribution is 2.44. The molecule has 4 rings (SSSR count). The Hall–Kier alpha value is -2.58. The van der Waals surface area contributed by atoms with Crippen molar-refractivity contribution in [1.29, 1.82) is 5.26 Å². The summed E-state index contributed by atoms with van der Waals surface area (Å²) in [5, 5.41) is 26.1. The number of rotatable bonds is 8. The van der Waals surface area contributed by atoms with Crippen molar-refractivity contribution in [3.05, 3.63) is 55.6 Å². The Bertz CT molecular complexity index is 1470. The number of hydrogen-bond acceptors (Lipinski definition) is 7. The number of nitrogens with zero attached hydrogens (tertiary/aromatic N) is 4. The first-order valence-corrected chi connectivity index (χ1v) is 15.6. The minimum Gasteiger partial charge on any atom is -0.342 e. The molecule has 0 bridgehead atoms. The number of carbonyl (C=O) groups excluding carboxylic acids is 2. The summed E-state index contributed by atoms with van der Waals surface area (Å²) in [6.07, 6.45) is 2.85. The summed E-state index contributed by atoms with van der Waals surface area (Å²) >= 11 is 14.8. The second kappa shape index (κ2) is 12.5. The van der Waals surface area contributed by atoms with Crippen LogP contribution in [0.15, 0.2) is 23.4 Å². The molecule has 2 aromatic heterocycles. The van der Waals surface area contributed by atoms with Gasteiger partial charge in [0.15, 0.2) is 11.0 Å². The molecule has 0 radical (unpaired) electrons. The molecule has 1 aromatic carbocycles. The number of hydrogen-bond donors (Lipinski definition) is 2. The monoisotopic (exact) mass is 618 g/mol. The SMILES string of the molecule is CCn1c(SCC(=O)Nc2sc3c(c2C#N)CC[C@@H](C(C)(C)C)C3)nnc1[C@H](C)NC(=O)c1ccc(Cl)c(Cl)c1. The zero-order valence-corrected chi connectivity index (χ0v) is 26.2. The molecule has 0 saturated carbocycles. The molecule has 3 aromatic rings. The molecule has 40 heavy (non-hydrogen) atoms. The largest absolute Gasteiger partial charge is 0.342 e. The van der Waals surface area contributed by atoms with E-state index in [4.69, 9.17) is 23.2 Å². The fourth-order valence-corrected chi connectivity index (χ4v) is 7.23. The van der Waals surface area contributed by atoms with E-state index in [0.717, 1.165) is 24.8 Å². The minimum atomic E-state index is -0.440. The van der Waals surface area contributed by atoms with E-state index < -0.39 is 6.04 Å². The highest BCUT2D eigenvalue weighted by molar-refractivity contribution is 7.99. The highest BCUT2D eigenvalue weighted by Gasteiger charge is 2.32. The van der Waals surface area contributed by atoms with Crippen LogP contribution in [0.5, 0.6) is 0 Å². The first-order chi connectivity index (χ1) is 18.9. The topological polar surface area (TPSA) is 113 Å². The van der Waals surface area contributed by atoms with E-state index in [9.17, 15) is 14.9 Å². The second-order valence-electron chi connectivity index (χ2n) is 10.9. The van der Waals surface area contributed by atoms with E-state index in [2.05, 4.69) is 47.7 Å². The third-order valence-electron chi connectivity index (χ3n) is 7.17. The number of nitrogens with one attached hydrogen (secondary N) is 2. The number of nitriles is 1. The van der Waals surface area contributed by atoms with Gasteiger partial charge in [-0.2, -0.15) is 5.26 Å². The quantitative estimate of drug-likeness (QED) is 0.265. The zero-order valence-electron chi connectivity index (χ0n) is 23.1. The molecule has 12 heteroatoms. The summed E-state index contributed by atoms with van der Waals surface area (Å²) in [7, 11) is 0. The lowest BCUT2D eigenvalue weighted by Crippen LogP contribution is -2.28. The van der Waals surface area contributed by atoms with Gasteiger partial charge in [-0.25, -0.2) is 0 Å². The number of anilines is 1. The molecule has 2 N–H and O–H groups in total. The van der Waals surface area contributed by atoms with Gasteiger partial charge >= 0.3 is 0 Å². The standard InChI is InChI=1S/C28H32Cl2N6O2S2/c1-6-36-24(15(2)32-25(38)16-7-10-20(29)21(30)11-16)34-35-27(36)39-14-23(37)33-26-19(13-31)18-9-8-17(28(3,4)5)12-22(18)40-26/h7,10-11,15,17H,6,8-9,12,14H2,1-5H3,(H,32,38)(H,33,37)/t15-,17+/m0/s1. The Kier molecular flexibility index (Phi) is 9.51. The Balaban J connectivity index is 1.40. The van der Waals surface area contributed by atoms with Crippen LogP contribution >= 0.6 is 46.3 Å². The zero-order chi connectivity index (χ0) is 29.2. The van der Waals surface area contributed by atoms with Gasteiger partial charge in [-0.15, -0.1) is 21.5 Å². The summed E-state index contributed by atoms with van der Waals surface area (Å²) in [6, 6.07) is 6.57. The molecule has 0 fully saturated rings. The lowest BCUT2D eigenvalue weighted by molar-refractivity contribution is -0.113. The number of carbonyl (C=O) groups is 2. The van der Waals surface area contributed by atoms with Crippen molar-refractivity contribution < 1.29 is 9.59 Å². The number of amides is 2. The fourth-order valence-electron chi connectivity index (χ4n) is 4.83. The van der Waals surface area contributed by atoms with Gasteiger partial charge in [0.05, 0.1) is 27.4 Å². The molecule has 1 aliphatic rings. The molecule has 212 valence electrons. The van der Waals surface area contributed by atoms with Gasteiger partial charge in [0.2, 0.25) is 5.91 Å². The molecule has 2 amide bonds. The molecule has 0 unspecified atom stereocenters. The predicted molar refractivity (Wildman–Crippen MR) is 161 cm³/mol. The number of fused-ring (bicyclic) bond motifs is 1. The number of thiophene rings is 1. The van der Waals surface area contributed by atoms with Crippen LogP contribution in [0.25, 0.3) is 0 Å². The van der Waals surface area contributed by atoms with E-state index in [0.29, 0.717) is 49.6 Å². The Morgan fingerprint density at radius 2 is 2.02 bits per heavy atom. The van der Waals surface area contributed by atoms with Crippen molar-refractivity contribution in [1.82, 2.24) is 20.1 Å². The molecule has 0 aliphatic heterocycles. The fraction of sp³-hybridized carbons (Fsp3) is 0.464. The normalized spacial score (nSPS) is 15.7. The summed E-state index contributed by atoms with van der Waals surface area (Å²) in [5.74, 6) is 0.715. The van der Waals surface area contributed by atoms with Crippen LogP contribution in [0.4, 0.5) is 5.00 Å². The summed E-state index contributed by atoms with van der Waals surface area (Å²) < 4.78 is 1.87. The Labute approximate surface area is 252 Å². The molecule has 1 aliphatic carbocycles. The summed E-state index contributed by atoms with van der Waals surface area (Å²) in [4.78, 5) is 26.9. The van der Waals surface area contributed by atoms with E-state index in [-0.39, 0.29) is 23.0 Å². The van der Waals surface area contributed by atoms with Crippen LogP contribution in [0.2, 0.25) is 10.0 Å². The maximum absolute atomic E-state index is 12.9. The maximum atomic E-state index is 12.9. The molecular weight excluding hydrogens is 587 g/mol. The molecule has 2 atom stereocenters. The van der Waals surface area contributed by atoms with Gasteiger partial charge in [0.25, 0.3) is 5.91 Å². The lowest BCUT2D eigenvalue weighted by Gasteiger charge is -2.33. The molecule has 0 saturated heterocycles. The van der Waals surface area contributed by atoms with Crippen LogP contribution in [0, 0.1) is 22.7 Å². The van der Waals surface area contributed by atoms with Gasteiger partial charge in [0, 0.05) is 17.0 Å². The van der Waals surface area contributed by atoms with Crippen molar-refractivity contribution in [3.8, 4) is 6.07 Å². The van der Waals surface area contributed by atoms with Crippen LogP contribution in [0.1, 0.15) is 79.3 Å². The molecular formula is C28H32Cl2N6O2S2. The maximum Gasteiger partial charge on any atom is 0.251 e. The number of thioether (sulfide) groups is 1. The van der Waals surface area contributed by atoms with Crippen LogP contribution in [0.3, 0.4) is 0 Å². The predicted octanol–water partition coefficient (Wildman–Crippen LogP) is 6.91. The third-order valence-corrected chi connectivity index (χ3v) is 10.0. The molecule has 8 nitrogen and oxygen atoms in total. The average molecular weight is 620 g/mol. The minimum absolute atomic E-state index is 0.111. The van der Waals surface area contributed by atoms with Crippen molar-refractivity contribution in [2.24, 2.45) is 11.3 Å². The Morgan fingerprint density at radius 1 is 1.27 bits per heavy atom. The van der Waals surface area contributed by atoms with Crippen molar-refractivity contribution in [2.45, 2.75) is 71.6 Å². The van der Waals surface area contributed by atoms with E-state index >= 15 is 0 Å². The van der Waals surface area contributed by atoms with Crippen LogP contribution in [-0.4, -0.2) is 32.3 Å². The molecule has 0 spiro atoms. The smallest absolute Gasteiger partial charge is 0.251 e. The van der Waals surface area contributed by atoms with Crippen LogP contribution in [-0.2, 0) is 24.2 Å². The van der Waals surface area contributed by atoms with Crippen molar-refractivity contribution in [3.63, 3.8) is 0 Å². The second-order valence-corrected chi connectivity index (χ2v) is 13.7. The number of aromatic nitrogens is 3. The highest BCUT2D eigenvalue weighted by atomic mass is 35.5. The van der Waals surface area contributed by atoms with Gasteiger partial charge in [-0.05, 0) is 68.2 Å². The molecule has 2 heterocycles. The third kappa shape index (κ3) is 6.65. The average Bonchev–Trinajstić information content (AvgIpc) is 3.48. The van der Waals surface area contributed by atoms with E-state index in [1.165, 1.54) is 34.0 Å². The van der Waals surface area contributed by atoms with Gasteiger partial charge in [-0.1, -0.05) is 55.7 Å². The van der Waals surface area contributed by atoms with E-state index in [1.807, 2.05) is 18.4 Å². The summed E-state index contributed by atoms with van der Waals surface area (Å²) in [5.41, 5.74) is 2.27. The van der Waals surface area contributed by atoms with Crippen LogP contribution < -0.4 is 10.6 Å². The van der Waals surface area contributed by atoms with Crippen molar-refractivity contribution >= 4 is 63.1 Å². The van der Waals surface area contributed by atoms with Gasteiger partial charge in [-0.3, -0.25) is 9.59 Å². The number of halogens is 2. The first kappa shape index (κ1) is 30.4. The van der Waals surface area contributed by atoms with Gasteiger partial charge in [0.1, 0.15) is 11.1 Å². The van der Waals surface area contributed by atoms with E-state index in [1.54, 1.807) is 12.1 Å². The Morgan fingerprint density at radius 3 is 2.67 bits per heavy atom. The van der Waals surface area contributed by atoms with Gasteiger partial charge < -0.3 is 15.2 Å².